The van der Waals surface area contributed by atoms with E-state index in [1.54, 1.807) is 12.4 Å². The summed E-state index contributed by atoms with van der Waals surface area (Å²) >= 11 is 0. The Morgan fingerprint density at radius 1 is 1.04 bits per heavy atom. The highest BCUT2D eigenvalue weighted by Crippen LogP contribution is 2.09. The van der Waals surface area contributed by atoms with Crippen molar-refractivity contribution in [2.75, 3.05) is 71.0 Å². The van der Waals surface area contributed by atoms with Crippen molar-refractivity contribution in [3.8, 4) is 0 Å². The molecule has 0 aliphatic carbocycles. The number of nitrogens with one attached hydrogen (secondary N) is 2. The molecule has 2 rings (SSSR count). The maximum atomic E-state index is 5.57. The summed E-state index contributed by atoms with van der Waals surface area (Å²) in [5.74, 6) is 1.72. The van der Waals surface area contributed by atoms with E-state index >= 15 is 0 Å². The van der Waals surface area contributed by atoms with Gasteiger partial charge in [-0.3, -0.25) is 9.89 Å². The fraction of sp³-hybridized carbons (Fsp3) is 0.750. The quantitative estimate of drug-likeness (QED) is 0.316. The molecule has 1 aliphatic heterocycles. The fourth-order valence-electron chi connectivity index (χ4n) is 3.09. The van der Waals surface area contributed by atoms with Crippen LogP contribution in [0.1, 0.15) is 32.6 Å². The first-order valence-corrected chi connectivity index (χ1v) is 10.6. The lowest BCUT2D eigenvalue weighted by Crippen LogP contribution is -2.47. The third-order valence-corrected chi connectivity index (χ3v) is 4.77. The molecule has 0 spiro atoms. The third-order valence-electron chi connectivity index (χ3n) is 4.77. The highest BCUT2D eigenvalue weighted by atomic mass is 16.5. The van der Waals surface area contributed by atoms with Crippen molar-refractivity contribution in [3.05, 3.63) is 18.5 Å². The number of rotatable bonds is 12. The monoisotopic (exact) mass is 391 g/mol. The lowest BCUT2D eigenvalue weighted by Gasteiger charge is -2.34. The zero-order chi connectivity index (χ0) is 19.9. The average molecular weight is 392 g/mol. The van der Waals surface area contributed by atoms with E-state index < -0.39 is 0 Å². The van der Waals surface area contributed by atoms with E-state index in [2.05, 4.69) is 42.3 Å². The molecule has 1 fully saturated rings. The number of aliphatic imine (C=N–C) groups is 1. The van der Waals surface area contributed by atoms with Crippen molar-refractivity contribution in [2.24, 2.45) is 4.99 Å². The number of guanidine groups is 1. The van der Waals surface area contributed by atoms with Gasteiger partial charge in [-0.05, 0) is 31.9 Å². The van der Waals surface area contributed by atoms with Gasteiger partial charge in [0.15, 0.2) is 5.96 Å². The first-order valence-electron chi connectivity index (χ1n) is 10.6. The number of unbranched alkanes of at least 4 members (excludes halogenated alkanes) is 1. The standard InChI is InChI=1S/C20H37N7O/c1-3-4-17-28-18-7-11-23-19(21-2)22-10-6-12-26-13-15-27(16-14-26)20-24-8-5-9-25-20/h5,8-9H,3-4,6-7,10-18H2,1-2H3,(H2,21,22,23). The van der Waals surface area contributed by atoms with Crippen LogP contribution in [0, 0.1) is 0 Å². The molecule has 1 saturated heterocycles. The average Bonchev–Trinajstić information content (AvgIpc) is 2.75. The lowest BCUT2D eigenvalue weighted by atomic mass is 10.3. The summed E-state index contributed by atoms with van der Waals surface area (Å²) < 4.78 is 5.57. The lowest BCUT2D eigenvalue weighted by molar-refractivity contribution is 0.129. The second-order valence-corrected chi connectivity index (χ2v) is 6.98. The van der Waals surface area contributed by atoms with Crippen molar-refractivity contribution in [1.29, 1.82) is 0 Å². The Labute approximate surface area is 169 Å². The molecule has 0 amide bonds. The van der Waals surface area contributed by atoms with Crippen LogP contribution in [-0.2, 0) is 4.74 Å². The molecule has 1 aromatic heterocycles. The second-order valence-electron chi connectivity index (χ2n) is 6.98. The first-order chi connectivity index (χ1) is 13.8. The van der Waals surface area contributed by atoms with E-state index in [1.807, 2.05) is 13.1 Å². The zero-order valence-corrected chi connectivity index (χ0v) is 17.6. The van der Waals surface area contributed by atoms with Crippen LogP contribution >= 0.6 is 0 Å². The molecule has 28 heavy (non-hydrogen) atoms. The minimum atomic E-state index is 0.810. The number of aromatic nitrogens is 2. The van der Waals surface area contributed by atoms with Crippen molar-refractivity contribution in [1.82, 2.24) is 25.5 Å². The van der Waals surface area contributed by atoms with Crippen LogP contribution in [0.2, 0.25) is 0 Å². The molecule has 0 radical (unpaired) electrons. The SMILES string of the molecule is CCCCOCCCNC(=NC)NCCCN1CCN(c2ncccn2)CC1. The van der Waals surface area contributed by atoms with Gasteiger partial charge in [0.25, 0.3) is 0 Å². The topological polar surface area (TPSA) is 77.9 Å². The molecule has 2 heterocycles. The Bertz CT molecular complexity index is 533. The molecule has 0 unspecified atom stereocenters. The third kappa shape index (κ3) is 8.84. The van der Waals surface area contributed by atoms with Crippen LogP contribution < -0.4 is 15.5 Å². The number of hydrogen-bond donors (Lipinski definition) is 2. The van der Waals surface area contributed by atoms with Crippen LogP contribution in [0.15, 0.2) is 23.5 Å². The largest absolute Gasteiger partial charge is 0.381 e. The van der Waals surface area contributed by atoms with E-state index in [0.717, 1.165) is 90.2 Å². The summed E-state index contributed by atoms with van der Waals surface area (Å²) in [4.78, 5) is 17.7. The predicted molar refractivity (Wildman–Crippen MR) is 115 cm³/mol. The van der Waals surface area contributed by atoms with Gasteiger partial charge in [0, 0.05) is 71.9 Å². The number of nitrogens with zero attached hydrogens (tertiary/aromatic N) is 5. The summed E-state index contributed by atoms with van der Waals surface area (Å²) in [6, 6.07) is 1.86. The molecule has 0 bridgehead atoms. The summed E-state index contributed by atoms with van der Waals surface area (Å²) in [7, 11) is 1.82. The fourth-order valence-corrected chi connectivity index (χ4v) is 3.09. The zero-order valence-electron chi connectivity index (χ0n) is 17.6. The molecule has 2 N–H and O–H groups in total. The van der Waals surface area contributed by atoms with E-state index in [-0.39, 0.29) is 0 Å². The number of hydrogen-bond acceptors (Lipinski definition) is 6. The summed E-state index contributed by atoms with van der Waals surface area (Å²) in [5.41, 5.74) is 0. The number of anilines is 1. The van der Waals surface area contributed by atoms with Gasteiger partial charge in [-0.15, -0.1) is 0 Å². The first kappa shape index (κ1) is 22.4. The van der Waals surface area contributed by atoms with E-state index in [4.69, 9.17) is 4.74 Å². The van der Waals surface area contributed by atoms with E-state index in [0.29, 0.717) is 0 Å². The minimum absolute atomic E-state index is 0.810. The molecule has 1 aliphatic rings. The van der Waals surface area contributed by atoms with Gasteiger partial charge in [0.2, 0.25) is 5.95 Å². The minimum Gasteiger partial charge on any atom is -0.381 e. The number of ether oxygens (including phenoxy) is 1. The van der Waals surface area contributed by atoms with Crippen molar-refractivity contribution < 1.29 is 4.74 Å². The summed E-state index contributed by atoms with van der Waals surface area (Å²) in [6.07, 6.45) is 8.04. The van der Waals surface area contributed by atoms with Gasteiger partial charge in [0.05, 0.1) is 0 Å². The van der Waals surface area contributed by atoms with Gasteiger partial charge in [0.1, 0.15) is 0 Å². The molecule has 0 saturated carbocycles. The van der Waals surface area contributed by atoms with Crippen LogP contribution in [0.4, 0.5) is 5.95 Å². The second kappa shape index (κ2) is 14.1. The van der Waals surface area contributed by atoms with Crippen LogP contribution in [0.25, 0.3) is 0 Å². The Morgan fingerprint density at radius 3 is 2.39 bits per heavy atom. The molecule has 8 heteroatoms. The summed E-state index contributed by atoms with van der Waals surface area (Å²) in [5, 5.41) is 6.74. The van der Waals surface area contributed by atoms with E-state index in [1.165, 1.54) is 6.42 Å². The Kier molecular flexibility index (Phi) is 11.3. The normalized spacial score (nSPS) is 15.6. The molecular weight excluding hydrogens is 354 g/mol. The molecule has 158 valence electrons. The highest BCUT2D eigenvalue weighted by Gasteiger charge is 2.18. The van der Waals surface area contributed by atoms with Crippen LogP contribution in [-0.4, -0.2) is 86.9 Å². The van der Waals surface area contributed by atoms with Crippen molar-refractivity contribution in [2.45, 2.75) is 32.6 Å². The van der Waals surface area contributed by atoms with E-state index in [9.17, 15) is 0 Å². The van der Waals surface area contributed by atoms with Gasteiger partial charge >= 0.3 is 0 Å². The molecule has 0 atom stereocenters. The highest BCUT2D eigenvalue weighted by molar-refractivity contribution is 5.79. The van der Waals surface area contributed by atoms with Gasteiger partial charge in [-0.25, -0.2) is 9.97 Å². The Morgan fingerprint density at radius 2 is 1.71 bits per heavy atom. The summed E-state index contributed by atoms with van der Waals surface area (Å²) in [6.45, 7) is 10.9. The van der Waals surface area contributed by atoms with Gasteiger partial charge in [-0.2, -0.15) is 0 Å². The predicted octanol–water partition coefficient (Wildman–Crippen LogP) is 1.36. The molecular formula is C20H37N7O. The Hall–Kier alpha value is -1.93. The number of piperazine rings is 1. The van der Waals surface area contributed by atoms with Gasteiger partial charge in [-0.1, -0.05) is 13.3 Å². The van der Waals surface area contributed by atoms with Crippen molar-refractivity contribution >= 4 is 11.9 Å². The van der Waals surface area contributed by atoms with Crippen LogP contribution in [0.3, 0.4) is 0 Å². The maximum Gasteiger partial charge on any atom is 0.225 e. The maximum absolute atomic E-state index is 5.57. The molecule has 1 aromatic rings. The van der Waals surface area contributed by atoms with Crippen molar-refractivity contribution in [3.63, 3.8) is 0 Å². The molecule has 8 nitrogen and oxygen atoms in total. The Balaban J connectivity index is 1.49. The van der Waals surface area contributed by atoms with Crippen LogP contribution in [0.5, 0.6) is 0 Å². The smallest absolute Gasteiger partial charge is 0.225 e. The molecule has 0 aromatic carbocycles. The van der Waals surface area contributed by atoms with Gasteiger partial charge < -0.3 is 20.3 Å².